The Morgan fingerprint density at radius 1 is 1.29 bits per heavy atom. The highest BCUT2D eigenvalue weighted by Crippen LogP contribution is 2.36. The predicted molar refractivity (Wildman–Crippen MR) is 92.0 cm³/mol. The number of carbonyl (C=O) groups is 1. The molecular formula is C16H25N3O4S. The molecule has 0 spiro atoms. The summed E-state index contributed by atoms with van der Waals surface area (Å²) in [4.78, 5) is 37.1. The van der Waals surface area contributed by atoms with E-state index in [0.717, 1.165) is 31.0 Å². The zero-order chi connectivity index (χ0) is 17.9. The van der Waals surface area contributed by atoms with Gasteiger partial charge in [-0.3, -0.25) is 14.6 Å². The van der Waals surface area contributed by atoms with Crippen LogP contribution in [0.3, 0.4) is 0 Å². The van der Waals surface area contributed by atoms with Crippen LogP contribution in [-0.2, 0) is 9.53 Å². The van der Waals surface area contributed by atoms with E-state index in [1.807, 2.05) is 0 Å². The summed E-state index contributed by atoms with van der Waals surface area (Å²) in [5.74, 6) is 1.03. The second-order valence-corrected chi connectivity index (χ2v) is 8.20. The van der Waals surface area contributed by atoms with Gasteiger partial charge in [0.2, 0.25) is 0 Å². The van der Waals surface area contributed by atoms with Crippen molar-refractivity contribution in [1.29, 1.82) is 0 Å². The Kier molecular flexibility index (Phi) is 6.26. The largest absolute Gasteiger partial charge is 0.461 e. The zero-order valence-electron chi connectivity index (χ0n) is 14.5. The topological polar surface area (TPSA) is 105 Å². The SMILES string of the molecule is CC(C)[C@H]1CC[C@H](C)C[C@H]1OC(=O)[C@@H](C)Sc1n[nH]c(=O)[nH]c1=O. The molecule has 0 radical (unpaired) electrons. The molecule has 1 aliphatic carbocycles. The quantitative estimate of drug-likeness (QED) is 0.618. The molecule has 4 atom stereocenters. The third-order valence-electron chi connectivity index (χ3n) is 4.53. The lowest BCUT2D eigenvalue weighted by Gasteiger charge is -2.37. The fourth-order valence-corrected chi connectivity index (χ4v) is 3.87. The van der Waals surface area contributed by atoms with E-state index in [1.165, 1.54) is 0 Å². The van der Waals surface area contributed by atoms with Crippen molar-refractivity contribution >= 4 is 17.7 Å². The lowest BCUT2D eigenvalue weighted by Crippen LogP contribution is -2.37. The maximum atomic E-state index is 12.4. The van der Waals surface area contributed by atoms with E-state index in [9.17, 15) is 14.4 Å². The number of carbonyl (C=O) groups excluding carboxylic acids is 1. The first-order chi connectivity index (χ1) is 11.3. The molecule has 0 bridgehead atoms. The standard InChI is InChI=1S/C16H25N3O4S/c1-8(2)11-6-5-9(3)7-12(11)23-15(21)10(4)24-14-13(20)17-16(22)19-18-14/h8-12H,5-7H2,1-4H3,(H2,17,19,20,22)/t9-,10+,11+,12+/m0/s1. The van der Waals surface area contributed by atoms with Crippen LogP contribution in [0.4, 0.5) is 0 Å². The Morgan fingerprint density at radius 3 is 2.62 bits per heavy atom. The number of rotatable bonds is 5. The molecule has 8 heteroatoms. The molecule has 1 heterocycles. The number of aromatic amines is 2. The van der Waals surface area contributed by atoms with Gasteiger partial charge in [-0.1, -0.05) is 39.0 Å². The Balaban J connectivity index is 2.01. The van der Waals surface area contributed by atoms with Gasteiger partial charge in [-0.15, -0.1) is 0 Å². The minimum Gasteiger partial charge on any atom is -0.461 e. The number of esters is 1. The van der Waals surface area contributed by atoms with E-state index in [1.54, 1.807) is 6.92 Å². The average molecular weight is 355 g/mol. The molecule has 0 unspecified atom stereocenters. The van der Waals surface area contributed by atoms with Gasteiger partial charge in [-0.2, -0.15) is 5.10 Å². The summed E-state index contributed by atoms with van der Waals surface area (Å²) < 4.78 is 5.76. The molecule has 24 heavy (non-hydrogen) atoms. The number of H-pyrrole nitrogens is 2. The van der Waals surface area contributed by atoms with Crippen molar-refractivity contribution in [2.24, 2.45) is 17.8 Å². The zero-order valence-corrected chi connectivity index (χ0v) is 15.3. The van der Waals surface area contributed by atoms with Gasteiger partial charge in [0, 0.05) is 0 Å². The first kappa shape index (κ1) is 18.8. The normalized spacial score (nSPS) is 25.5. The Hall–Kier alpha value is -1.57. The Bertz CT molecular complexity index is 684. The summed E-state index contributed by atoms with van der Waals surface area (Å²) >= 11 is 0.986. The first-order valence-electron chi connectivity index (χ1n) is 8.34. The maximum absolute atomic E-state index is 12.4. The lowest BCUT2D eigenvalue weighted by atomic mass is 9.75. The van der Waals surface area contributed by atoms with Gasteiger partial charge in [0.05, 0.1) is 0 Å². The Labute approximate surface area is 145 Å². The molecule has 1 aromatic heterocycles. The highest BCUT2D eigenvalue weighted by atomic mass is 32.2. The number of aromatic nitrogens is 3. The molecule has 7 nitrogen and oxygen atoms in total. The molecule has 0 aromatic carbocycles. The van der Waals surface area contributed by atoms with E-state index in [2.05, 4.69) is 36.0 Å². The number of hydrogen-bond acceptors (Lipinski definition) is 6. The second-order valence-electron chi connectivity index (χ2n) is 6.87. The summed E-state index contributed by atoms with van der Waals surface area (Å²) in [6, 6.07) is 0. The van der Waals surface area contributed by atoms with Crippen molar-refractivity contribution in [3.63, 3.8) is 0 Å². The van der Waals surface area contributed by atoms with Crippen LogP contribution in [0.5, 0.6) is 0 Å². The van der Waals surface area contributed by atoms with Crippen LogP contribution in [0.15, 0.2) is 14.6 Å². The van der Waals surface area contributed by atoms with Gasteiger partial charge in [0.1, 0.15) is 11.4 Å². The van der Waals surface area contributed by atoms with E-state index in [4.69, 9.17) is 4.74 Å². The third-order valence-corrected chi connectivity index (χ3v) is 5.58. The van der Waals surface area contributed by atoms with E-state index < -0.39 is 16.5 Å². The fourth-order valence-electron chi connectivity index (χ4n) is 3.13. The van der Waals surface area contributed by atoms with Crippen molar-refractivity contribution in [3.05, 3.63) is 20.8 Å². The smallest absolute Gasteiger partial charge is 0.342 e. The summed E-state index contributed by atoms with van der Waals surface area (Å²) in [6.07, 6.45) is 3.03. The minimum absolute atomic E-state index is 0.0523. The Morgan fingerprint density at radius 2 is 2.00 bits per heavy atom. The number of hydrogen-bond donors (Lipinski definition) is 2. The molecule has 134 valence electrons. The number of thioether (sulfide) groups is 1. The highest BCUT2D eigenvalue weighted by Gasteiger charge is 2.34. The van der Waals surface area contributed by atoms with Crippen molar-refractivity contribution < 1.29 is 9.53 Å². The average Bonchev–Trinajstić information content (AvgIpc) is 2.49. The van der Waals surface area contributed by atoms with Crippen molar-refractivity contribution in [2.45, 2.75) is 63.3 Å². The van der Waals surface area contributed by atoms with Gasteiger partial charge in [0.25, 0.3) is 5.56 Å². The molecule has 2 N–H and O–H groups in total. The summed E-state index contributed by atoms with van der Waals surface area (Å²) in [6.45, 7) is 8.17. The number of nitrogens with one attached hydrogen (secondary N) is 2. The highest BCUT2D eigenvalue weighted by molar-refractivity contribution is 8.00. The second kappa shape index (κ2) is 8.00. The number of nitrogens with zero attached hydrogens (tertiary/aromatic N) is 1. The van der Waals surface area contributed by atoms with Gasteiger partial charge in [-0.25, -0.2) is 9.89 Å². The summed E-state index contributed by atoms with van der Waals surface area (Å²) in [5, 5.41) is 5.31. The molecule has 1 aliphatic rings. The molecule has 0 aliphatic heterocycles. The van der Waals surface area contributed by atoms with Crippen LogP contribution in [0.2, 0.25) is 0 Å². The summed E-state index contributed by atoms with van der Waals surface area (Å²) in [5.41, 5.74) is -1.27. The van der Waals surface area contributed by atoms with E-state index in [0.29, 0.717) is 17.8 Å². The van der Waals surface area contributed by atoms with Crippen molar-refractivity contribution in [1.82, 2.24) is 15.2 Å². The molecule has 1 fully saturated rings. The third kappa shape index (κ3) is 4.72. The molecule has 0 saturated heterocycles. The summed E-state index contributed by atoms with van der Waals surface area (Å²) in [7, 11) is 0. The minimum atomic E-state index is -0.671. The molecule has 0 amide bonds. The molecular weight excluding hydrogens is 330 g/mol. The van der Waals surface area contributed by atoms with Gasteiger partial charge in [0.15, 0.2) is 5.03 Å². The molecule has 2 rings (SSSR count). The van der Waals surface area contributed by atoms with Gasteiger partial charge < -0.3 is 4.74 Å². The molecule has 1 aromatic rings. The van der Waals surface area contributed by atoms with Crippen LogP contribution in [-0.4, -0.2) is 32.5 Å². The lowest BCUT2D eigenvalue weighted by molar-refractivity contribution is -0.154. The first-order valence-corrected chi connectivity index (χ1v) is 9.22. The monoisotopic (exact) mass is 355 g/mol. The van der Waals surface area contributed by atoms with Crippen LogP contribution in [0.1, 0.15) is 47.0 Å². The fraction of sp³-hybridized carbons (Fsp3) is 0.750. The number of ether oxygens (including phenoxy) is 1. The maximum Gasteiger partial charge on any atom is 0.342 e. The van der Waals surface area contributed by atoms with Gasteiger partial charge in [-0.05, 0) is 37.5 Å². The van der Waals surface area contributed by atoms with Crippen LogP contribution in [0, 0.1) is 17.8 Å². The van der Waals surface area contributed by atoms with E-state index in [-0.39, 0.29) is 17.1 Å². The van der Waals surface area contributed by atoms with Crippen molar-refractivity contribution in [2.75, 3.05) is 0 Å². The van der Waals surface area contributed by atoms with Crippen LogP contribution < -0.4 is 11.2 Å². The van der Waals surface area contributed by atoms with Crippen LogP contribution in [0.25, 0.3) is 0 Å². The molecule has 1 saturated carbocycles. The predicted octanol–water partition coefficient (Wildman–Crippen LogP) is 1.94. The van der Waals surface area contributed by atoms with Gasteiger partial charge >= 0.3 is 11.7 Å². The van der Waals surface area contributed by atoms with E-state index >= 15 is 0 Å². The van der Waals surface area contributed by atoms with Crippen molar-refractivity contribution in [3.8, 4) is 0 Å². The van der Waals surface area contributed by atoms with Crippen LogP contribution >= 0.6 is 11.8 Å².